The third-order valence-corrected chi connectivity index (χ3v) is 8.50. The van der Waals surface area contributed by atoms with Crippen molar-refractivity contribution >= 4 is 21.7 Å². The molecule has 35 heavy (non-hydrogen) atoms. The molecule has 0 atom stereocenters. The van der Waals surface area contributed by atoms with E-state index in [2.05, 4.69) is 11.1 Å². The zero-order chi connectivity index (χ0) is 24.8. The number of carbonyl (C=O) groups is 1. The molecule has 0 unspecified atom stereocenters. The van der Waals surface area contributed by atoms with E-state index < -0.39 is 10.0 Å². The number of methoxy groups -OCH3 is 1. The molecule has 0 radical (unpaired) electrons. The number of nitriles is 1. The summed E-state index contributed by atoms with van der Waals surface area (Å²) in [6.45, 7) is 3.14. The Labute approximate surface area is 207 Å². The minimum atomic E-state index is -3.78. The first-order chi connectivity index (χ1) is 17.0. The molecule has 1 amide bonds. The lowest BCUT2D eigenvalue weighted by molar-refractivity contribution is 0.0766. The van der Waals surface area contributed by atoms with Crippen LogP contribution in [-0.2, 0) is 10.0 Å². The van der Waals surface area contributed by atoms with Gasteiger partial charge in [-0.25, -0.2) is 13.4 Å². The van der Waals surface area contributed by atoms with Crippen molar-refractivity contribution in [2.24, 2.45) is 0 Å². The van der Waals surface area contributed by atoms with Crippen LogP contribution in [0.2, 0.25) is 0 Å². The van der Waals surface area contributed by atoms with Gasteiger partial charge in [0.1, 0.15) is 22.5 Å². The zero-order valence-corrected chi connectivity index (χ0v) is 20.8. The minimum Gasteiger partial charge on any atom is -0.495 e. The first kappa shape index (κ1) is 24.9. The van der Waals surface area contributed by atoms with E-state index in [4.69, 9.17) is 4.74 Å². The fourth-order valence-corrected chi connectivity index (χ4v) is 6.38. The number of nitrogens with zero attached hydrogens (tertiary/aromatic N) is 5. The number of benzene rings is 1. The highest BCUT2D eigenvalue weighted by Crippen LogP contribution is 2.30. The van der Waals surface area contributed by atoms with E-state index in [1.54, 1.807) is 35.4 Å². The Morgan fingerprint density at radius 3 is 2.49 bits per heavy atom. The summed E-state index contributed by atoms with van der Waals surface area (Å²) < 4.78 is 33.8. The number of sulfonamides is 1. The number of hydrogen-bond acceptors (Lipinski definition) is 7. The van der Waals surface area contributed by atoms with Crippen LogP contribution < -0.4 is 9.64 Å². The Kier molecular flexibility index (Phi) is 7.88. The van der Waals surface area contributed by atoms with Crippen LogP contribution >= 0.6 is 0 Å². The number of amides is 1. The normalized spacial score (nSPS) is 17.8. The Bertz CT molecular complexity index is 1200. The van der Waals surface area contributed by atoms with Gasteiger partial charge in [0.15, 0.2) is 0 Å². The van der Waals surface area contributed by atoms with Crippen molar-refractivity contribution in [1.82, 2.24) is 14.2 Å². The van der Waals surface area contributed by atoms with Gasteiger partial charge in [0.05, 0.1) is 12.7 Å². The topological polar surface area (TPSA) is 107 Å². The van der Waals surface area contributed by atoms with Crippen molar-refractivity contribution in [1.29, 1.82) is 5.26 Å². The van der Waals surface area contributed by atoms with Gasteiger partial charge < -0.3 is 14.5 Å². The van der Waals surface area contributed by atoms with Gasteiger partial charge in [0.25, 0.3) is 5.91 Å². The van der Waals surface area contributed by atoms with Crippen LogP contribution in [0.3, 0.4) is 0 Å². The monoisotopic (exact) mass is 497 g/mol. The SMILES string of the molecule is COc1ccc(C(=O)N2CCCN(c3ncccc3C#N)CC2)cc1S(=O)(=O)N1CCCCCC1. The summed E-state index contributed by atoms with van der Waals surface area (Å²) in [5, 5.41) is 9.41. The van der Waals surface area contributed by atoms with Crippen molar-refractivity contribution in [2.75, 3.05) is 51.3 Å². The standard InChI is InChI=1S/C25H31N5O4S/c1-34-22-10-9-20(18-23(22)35(32,33)30-14-4-2-3-5-15-30)25(31)29-13-7-12-28(16-17-29)24-21(19-26)8-6-11-27-24/h6,8-11,18H,2-5,7,12-17H2,1H3. The van der Waals surface area contributed by atoms with Crippen LogP contribution in [-0.4, -0.2) is 74.9 Å². The van der Waals surface area contributed by atoms with E-state index in [9.17, 15) is 18.5 Å². The number of rotatable bonds is 5. The average molecular weight is 498 g/mol. The van der Waals surface area contributed by atoms with Crippen molar-refractivity contribution < 1.29 is 17.9 Å². The predicted molar refractivity (Wildman–Crippen MR) is 132 cm³/mol. The summed E-state index contributed by atoms with van der Waals surface area (Å²) >= 11 is 0. The number of pyridine rings is 1. The second kappa shape index (κ2) is 11.1. The highest BCUT2D eigenvalue weighted by molar-refractivity contribution is 7.89. The molecule has 2 aliphatic rings. The van der Waals surface area contributed by atoms with Gasteiger partial charge >= 0.3 is 0 Å². The van der Waals surface area contributed by atoms with Gasteiger partial charge in [-0.2, -0.15) is 9.57 Å². The Hall–Kier alpha value is -3.16. The van der Waals surface area contributed by atoms with Gasteiger partial charge in [0.2, 0.25) is 10.0 Å². The molecule has 2 aromatic rings. The summed E-state index contributed by atoms with van der Waals surface area (Å²) in [5.41, 5.74) is 0.828. The second-order valence-corrected chi connectivity index (χ2v) is 10.7. The molecular formula is C25H31N5O4S. The van der Waals surface area contributed by atoms with Crippen LogP contribution in [0.5, 0.6) is 5.75 Å². The average Bonchev–Trinajstić information content (AvgIpc) is 3.32. The molecular weight excluding hydrogens is 466 g/mol. The zero-order valence-electron chi connectivity index (χ0n) is 20.0. The fourth-order valence-electron chi connectivity index (χ4n) is 4.68. The highest BCUT2D eigenvalue weighted by atomic mass is 32.2. The molecule has 186 valence electrons. The number of carbonyl (C=O) groups excluding carboxylic acids is 1. The maximum absolute atomic E-state index is 13.5. The van der Waals surface area contributed by atoms with Crippen molar-refractivity contribution in [3.05, 3.63) is 47.7 Å². The molecule has 10 heteroatoms. The largest absolute Gasteiger partial charge is 0.495 e. The summed E-state index contributed by atoms with van der Waals surface area (Å²) in [4.78, 5) is 21.6. The van der Waals surface area contributed by atoms with Gasteiger partial charge in [-0.1, -0.05) is 12.8 Å². The molecule has 1 aromatic heterocycles. The molecule has 3 heterocycles. The van der Waals surface area contributed by atoms with Gasteiger partial charge in [0, 0.05) is 51.0 Å². The Morgan fingerprint density at radius 1 is 1.00 bits per heavy atom. The number of anilines is 1. The molecule has 4 rings (SSSR count). The Morgan fingerprint density at radius 2 is 1.77 bits per heavy atom. The third kappa shape index (κ3) is 5.41. The summed E-state index contributed by atoms with van der Waals surface area (Å²) in [6.07, 6.45) is 6.06. The number of ether oxygens (including phenoxy) is 1. The molecule has 0 aliphatic carbocycles. The summed E-state index contributed by atoms with van der Waals surface area (Å²) in [5.74, 6) is 0.648. The van der Waals surface area contributed by atoms with Crippen molar-refractivity contribution in [3.63, 3.8) is 0 Å². The van der Waals surface area contributed by atoms with Crippen LogP contribution in [0, 0.1) is 11.3 Å². The lowest BCUT2D eigenvalue weighted by atomic mass is 10.2. The Balaban J connectivity index is 1.55. The summed E-state index contributed by atoms with van der Waals surface area (Å²) in [6, 6.07) is 10.3. The lowest BCUT2D eigenvalue weighted by Crippen LogP contribution is -2.36. The maximum Gasteiger partial charge on any atom is 0.253 e. The minimum absolute atomic E-state index is 0.0383. The third-order valence-electron chi connectivity index (χ3n) is 6.58. The van der Waals surface area contributed by atoms with E-state index in [0.717, 1.165) is 25.7 Å². The van der Waals surface area contributed by atoms with E-state index in [0.29, 0.717) is 62.6 Å². The van der Waals surface area contributed by atoms with Crippen LogP contribution in [0.25, 0.3) is 0 Å². The molecule has 0 saturated carbocycles. The van der Waals surface area contributed by atoms with E-state index in [1.165, 1.54) is 17.5 Å². The quantitative estimate of drug-likeness (QED) is 0.625. The fraction of sp³-hybridized carbons (Fsp3) is 0.480. The van der Waals surface area contributed by atoms with E-state index >= 15 is 0 Å². The number of aromatic nitrogens is 1. The number of hydrogen-bond donors (Lipinski definition) is 0. The molecule has 1 aromatic carbocycles. The van der Waals surface area contributed by atoms with E-state index in [-0.39, 0.29) is 16.6 Å². The second-order valence-electron chi connectivity index (χ2n) is 8.80. The van der Waals surface area contributed by atoms with Gasteiger partial charge in [-0.15, -0.1) is 0 Å². The molecule has 2 saturated heterocycles. The first-order valence-electron chi connectivity index (χ1n) is 12.0. The molecule has 0 N–H and O–H groups in total. The van der Waals surface area contributed by atoms with E-state index in [1.807, 2.05) is 4.90 Å². The van der Waals surface area contributed by atoms with Crippen molar-refractivity contribution in [2.45, 2.75) is 37.0 Å². The molecule has 9 nitrogen and oxygen atoms in total. The smallest absolute Gasteiger partial charge is 0.253 e. The van der Waals surface area contributed by atoms with Crippen LogP contribution in [0.4, 0.5) is 5.82 Å². The van der Waals surface area contributed by atoms with Gasteiger partial charge in [-0.3, -0.25) is 4.79 Å². The van der Waals surface area contributed by atoms with Gasteiger partial charge in [-0.05, 0) is 49.6 Å². The molecule has 0 bridgehead atoms. The van der Waals surface area contributed by atoms with Crippen LogP contribution in [0.1, 0.15) is 48.0 Å². The lowest BCUT2D eigenvalue weighted by Gasteiger charge is -2.24. The summed E-state index contributed by atoms with van der Waals surface area (Å²) in [7, 11) is -2.34. The first-order valence-corrected chi connectivity index (χ1v) is 13.5. The molecule has 0 spiro atoms. The van der Waals surface area contributed by atoms with Crippen molar-refractivity contribution in [3.8, 4) is 11.8 Å². The maximum atomic E-state index is 13.5. The highest BCUT2D eigenvalue weighted by Gasteiger charge is 2.30. The predicted octanol–water partition coefficient (Wildman–Crippen LogP) is 2.88. The molecule has 2 fully saturated rings. The molecule has 2 aliphatic heterocycles. The van der Waals surface area contributed by atoms with Crippen LogP contribution in [0.15, 0.2) is 41.4 Å².